The third kappa shape index (κ3) is 3.20. The minimum Gasteiger partial charge on any atom is -0.463 e. The van der Waals surface area contributed by atoms with Gasteiger partial charge in [-0.3, -0.25) is 9.59 Å². The number of ether oxygens (including phenoxy) is 1. The van der Waals surface area contributed by atoms with E-state index in [1.807, 2.05) is 37.3 Å². The van der Waals surface area contributed by atoms with Crippen molar-refractivity contribution in [3.05, 3.63) is 76.9 Å². The number of carbonyl (C=O) groups excluding carboxylic acids is 1. The molecule has 0 bridgehead atoms. The monoisotopic (exact) mass is 374 g/mol. The second-order valence-corrected chi connectivity index (χ2v) is 6.39. The highest BCUT2D eigenvalue weighted by molar-refractivity contribution is 5.84. The zero-order valence-corrected chi connectivity index (χ0v) is 15.5. The Kier molecular flexibility index (Phi) is 4.53. The van der Waals surface area contributed by atoms with Crippen molar-refractivity contribution in [1.29, 1.82) is 0 Å². The molecule has 0 spiro atoms. The summed E-state index contributed by atoms with van der Waals surface area (Å²) in [5, 5.41) is 4.79. The highest BCUT2D eigenvalue weighted by Crippen LogP contribution is 2.27. The minimum atomic E-state index is -0.415. The molecule has 2 aromatic heterocycles. The molecule has 6 nitrogen and oxygen atoms in total. The molecule has 2 heterocycles. The zero-order chi connectivity index (χ0) is 19.7. The van der Waals surface area contributed by atoms with E-state index in [0.717, 1.165) is 11.3 Å². The summed E-state index contributed by atoms with van der Waals surface area (Å²) in [6.07, 6.45) is 5.47. The first-order valence-corrected chi connectivity index (χ1v) is 8.94. The van der Waals surface area contributed by atoms with Crippen molar-refractivity contribution in [2.24, 2.45) is 0 Å². The maximum Gasteiger partial charge on any atom is 0.308 e. The smallest absolute Gasteiger partial charge is 0.308 e. The molecule has 0 saturated carbocycles. The SMILES string of the molecule is CCc1cc2c(=O)c(-c3cnn(-c4ccccc4)c3)coc2cc1OC(C)=O. The van der Waals surface area contributed by atoms with E-state index in [1.54, 1.807) is 29.2 Å². The van der Waals surface area contributed by atoms with E-state index in [9.17, 15) is 9.59 Å². The van der Waals surface area contributed by atoms with E-state index < -0.39 is 5.97 Å². The second-order valence-electron chi connectivity index (χ2n) is 6.39. The van der Waals surface area contributed by atoms with E-state index in [-0.39, 0.29) is 5.43 Å². The quantitative estimate of drug-likeness (QED) is 0.397. The number of aromatic nitrogens is 2. The lowest BCUT2D eigenvalue weighted by Crippen LogP contribution is -2.08. The standard InChI is InChI=1S/C22H18N2O4/c1-3-15-9-18-21(10-20(15)28-14(2)25)27-13-19(22(18)26)16-11-23-24(12-16)17-7-5-4-6-8-17/h4-13H,3H2,1-2H3. The Morgan fingerprint density at radius 2 is 2.00 bits per heavy atom. The van der Waals surface area contributed by atoms with Crippen molar-refractivity contribution in [3.63, 3.8) is 0 Å². The number of rotatable bonds is 4. The van der Waals surface area contributed by atoms with Crippen LogP contribution in [0.5, 0.6) is 5.75 Å². The van der Waals surface area contributed by atoms with Gasteiger partial charge in [0.05, 0.1) is 22.8 Å². The van der Waals surface area contributed by atoms with Gasteiger partial charge < -0.3 is 9.15 Å². The van der Waals surface area contributed by atoms with Crippen LogP contribution in [0.1, 0.15) is 19.4 Å². The van der Waals surface area contributed by atoms with Crippen LogP contribution in [0.15, 0.2) is 70.3 Å². The molecule has 2 aromatic carbocycles. The van der Waals surface area contributed by atoms with E-state index in [0.29, 0.717) is 34.3 Å². The molecule has 6 heteroatoms. The highest BCUT2D eigenvalue weighted by atomic mass is 16.5. The van der Waals surface area contributed by atoms with Gasteiger partial charge in [0.15, 0.2) is 0 Å². The Balaban J connectivity index is 1.81. The molecule has 0 radical (unpaired) electrons. The molecule has 0 N–H and O–H groups in total. The number of nitrogens with zero attached hydrogens (tertiary/aromatic N) is 2. The summed E-state index contributed by atoms with van der Waals surface area (Å²) in [6, 6.07) is 13.0. The van der Waals surface area contributed by atoms with Crippen LogP contribution in [0.4, 0.5) is 0 Å². The Morgan fingerprint density at radius 1 is 1.21 bits per heavy atom. The van der Waals surface area contributed by atoms with Crippen molar-refractivity contribution in [3.8, 4) is 22.6 Å². The van der Waals surface area contributed by atoms with Gasteiger partial charge in [-0.1, -0.05) is 25.1 Å². The van der Waals surface area contributed by atoms with Crippen molar-refractivity contribution in [1.82, 2.24) is 9.78 Å². The van der Waals surface area contributed by atoms with Gasteiger partial charge in [0, 0.05) is 24.8 Å². The maximum absolute atomic E-state index is 13.1. The number of fused-ring (bicyclic) bond motifs is 1. The third-order valence-electron chi connectivity index (χ3n) is 4.50. The van der Waals surface area contributed by atoms with Crippen molar-refractivity contribution in [2.45, 2.75) is 20.3 Å². The number of benzene rings is 2. The number of para-hydroxylation sites is 1. The van der Waals surface area contributed by atoms with Crippen molar-refractivity contribution >= 4 is 16.9 Å². The number of hydrogen-bond acceptors (Lipinski definition) is 5. The predicted octanol–water partition coefficient (Wildman–Crippen LogP) is 4.13. The van der Waals surface area contributed by atoms with Gasteiger partial charge in [0.1, 0.15) is 17.6 Å². The minimum absolute atomic E-state index is 0.155. The molecule has 0 aliphatic heterocycles. The van der Waals surface area contributed by atoms with E-state index in [1.165, 1.54) is 13.2 Å². The van der Waals surface area contributed by atoms with Crippen LogP contribution in [0.2, 0.25) is 0 Å². The maximum atomic E-state index is 13.1. The Bertz CT molecular complexity index is 1220. The van der Waals surface area contributed by atoms with Crippen LogP contribution in [0, 0.1) is 0 Å². The van der Waals surface area contributed by atoms with Crippen LogP contribution in [-0.2, 0) is 11.2 Å². The Morgan fingerprint density at radius 3 is 2.71 bits per heavy atom. The number of aryl methyl sites for hydroxylation is 1. The summed E-state index contributed by atoms with van der Waals surface area (Å²) in [4.78, 5) is 24.4. The van der Waals surface area contributed by atoms with Crippen LogP contribution in [0.25, 0.3) is 27.8 Å². The summed E-state index contributed by atoms with van der Waals surface area (Å²) in [7, 11) is 0. The molecule has 28 heavy (non-hydrogen) atoms. The molecule has 0 atom stereocenters. The molecular weight excluding hydrogens is 356 g/mol. The molecular formula is C22H18N2O4. The molecule has 0 unspecified atom stereocenters. The van der Waals surface area contributed by atoms with Crippen molar-refractivity contribution < 1.29 is 13.9 Å². The summed E-state index contributed by atoms with van der Waals surface area (Å²) < 4.78 is 12.6. The van der Waals surface area contributed by atoms with Gasteiger partial charge in [-0.05, 0) is 30.2 Å². The van der Waals surface area contributed by atoms with Crippen LogP contribution in [-0.4, -0.2) is 15.7 Å². The summed E-state index contributed by atoms with van der Waals surface area (Å²) in [5.74, 6) is -0.00311. The first kappa shape index (κ1) is 17.7. The molecule has 0 amide bonds. The van der Waals surface area contributed by atoms with Gasteiger partial charge in [-0.2, -0.15) is 5.10 Å². The number of carbonyl (C=O) groups is 1. The lowest BCUT2D eigenvalue weighted by Gasteiger charge is -2.09. The fourth-order valence-corrected chi connectivity index (χ4v) is 3.11. The summed E-state index contributed by atoms with van der Waals surface area (Å²) in [6.45, 7) is 3.27. The van der Waals surface area contributed by atoms with Gasteiger partial charge in [0.25, 0.3) is 0 Å². The molecule has 0 saturated heterocycles. The highest BCUT2D eigenvalue weighted by Gasteiger charge is 2.15. The lowest BCUT2D eigenvalue weighted by molar-refractivity contribution is -0.131. The molecule has 4 aromatic rings. The predicted molar refractivity (Wildman–Crippen MR) is 106 cm³/mol. The molecule has 0 aliphatic rings. The van der Waals surface area contributed by atoms with Crippen LogP contribution < -0.4 is 10.2 Å². The van der Waals surface area contributed by atoms with E-state index in [4.69, 9.17) is 9.15 Å². The van der Waals surface area contributed by atoms with Gasteiger partial charge in [-0.15, -0.1) is 0 Å². The first-order chi connectivity index (χ1) is 13.6. The topological polar surface area (TPSA) is 74.3 Å². The van der Waals surface area contributed by atoms with E-state index in [2.05, 4.69) is 5.10 Å². The largest absolute Gasteiger partial charge is 0.463 e. The summed E-state index contributed by atoms with van der Waals surface area (Å²) >= 11 is 0. The fraction of sp³-hybridized carbons (Fsp3) is 0.136. The third-order valence-corrected chi connectivity index (χ3v) is 4.50. The lowest BCUT2D eigenvalue weighted by atomic mass is 10.0. The molecule has 4 rings (SSSR count). The molecule has 0 fully saturated rings. The molecule has 0 aliphatic carbocycles. The Labute approximate surface area is 161 Å². The van der Waals surface area contributed by atoms with Crippen LogP contribution >= 0.6 is 0 Å². The fourth-order valence-electron chi connectivity index (χ4n) is 3.11. The van der Waals surface area contributed by atoms with Gasteiger partial charge in [-0.25, -0.2) is 4.68 Å². The van der Waals surface area contributed by atoms with E-state index >= 15 is 0 Å². The first-order valence-electron chi connectivity index (χ1n) is 8.94. The number of hydrogen-bond donors (Lipinski definition) is 0. The average molecular weight is 374 g/mol. The number of esters is 1. The normalized spacial score (nSPS) is 10.9. The Hall–Kier alpha value is -3.67. The average Bonchev–Trinajstić information content (AvgIpc) is 3.18. The van der Waals surface area contributed by atoms with Gasteiger partial charge >= 0.3 is 5.97 Å². The second kappa shape index (κ2) is 7.15. The molecule has 140 valence electrons. The van der Waals surface area contributed by atoms with Gasteiger partial charge in [0.2, 0.25) is 5.43 Å². The zero-order valence-electron chi connectivity index (χ0n) is 15.5. The van der Waals surface area contributed by atoms with Crippen LogP contribution in [0.3, 0.4) is 0 Å². The van der Waals surface area contributed by atoms with Crippen molar-refractivity contribution in [2.75, 3.05) is 0 Å². The summed E-state index contributed by atoms with van der Waals surface area (Å²) in [5.41, 5.74) is 2.99.